The van der Waals surface area contributed by atoms with Crippen molar-refractivity contribution in [2.24, 2.45) is 0 Å². The lowest BCUT2D eigenvalue weighted by molar-refractivity contribution is -0.119. The van der Waals surface area contributed by atoms with Crippen LogP contribution < -0.4 is 10.2 Å². The van der Waals surface area contributed by atoms with Crippen LogP contribution in [0.5, 0.6) is 0 Å². The molecule has 1 fully saturated rings. The van der Waals surface area contributed by atoms with Crippen LogP contribution >= 0.6 is 0 Å². The number of allylic oxidation sites excluding steroid dienone is 1. The Bertz CT molecular complexity index is 699. The summed E-state index contributed by atoms with van der Waals surface area (Å²) in [6.45, 7) is 2.17. The molecule has 1 N–H and O–H groups in total. The monoisotopic (exact) mass is 348 g/mol. The van der Waals surface area contributed by atoms with Crippen LogP contribution in [0.15, 0.2) is 30.3 Å². The van der Waals surface area contributed by atoms with E-state index in [4.69, 9.17) is 4.74 Å². The zero-order valence-electron chi connectivity index (χ0n) is 13.5. The van der Waals surface area contributed by atoms with Crippen LogP contribution in [0.1, 0.15) is 18.9 Å². The van der Waals surface area contributed by atoms with Gasteiger partial charge in [-0.15, -0.1) is 0 Å². The van der Waals surface area contributed by atoms with Crippen molar-refractivity contribution in [3.8, 4) is 0 Å². The molecule has 1 aromatic carbocycles. The lowest BCUT2D eigenvalue weighted by atomic mass is 10.0. The molecule has 2 aliphatic rings. The maximum Gasteiger partial charge on any atom is 0.414 e. The van der Waals surface area contributed by atoms with Crippen molar-refractivity contribution in [1.82, 2.24) is 5.32 Å². The smallest absolute Gasteiger partial charge is 0.414 e. The molecule has 2 atom stereocenters. The molecule has 24 heavy (non-hydrogen) atoms. The highest BCUT2D eigenvalue weighted by atomic mass is 32.2. The maximum atomic E-state index is 12.0. The maximum absolute atomic E-state index is 12.0. The van der Waals surface area contributed by atoms with Crippen LogP contribution in [-0.2, 0) is 20.3 Å². The fraction of sp³-hybridized carbons (Fsp3) is 0.412. The molecule has 0 radical (unpaired) electrons. The highest BCUT2D eigenvalue weighted by molar-refractivity contribution is 7.85. The van der Waals surface area contributed by atoms with E-state index in [0.717, 1.165) is 17.7 Å². The van der Waals surface area contributed by atoms with E-state index in [0.29, 0.717) is 24.6 Å². The molecular formula is C17H20N2O4S. The van der Waals surface area contributed by atoms with E-state index in [-0.39, 0.29) is 12.0 Å². The number of ether oxygens (including phenoxy) is 1. The van der Waals surface area contributed by atoms with Crippen molar-refractivity contribution in [3.05, 3.63) is 35.9 Å². The Morgan fingerprint density at radius 2 is 2.12 bits per heavy atom. The van der Waals surface area contributed by atoms with Crippen molar-refractivity contribution < 1.29 is 18.5 Å². The van der Waals surface area contributed by atoms with E-state index in [1.165, 1.54) is 12.5 Å². The van der Waals surface area contributed by atoms with Gasteiger partial charge >= 0.3 is 6.09 Å². The first-order chi connectivity index (χ1) is 11.5. The summed E-state index contributed by atoms with van der Waals surface area (Å²) >= 11 is 0. The third kappa shape index (κ3) is 3.84. The number of benzene rings is 1. The first kappa shape index (κ1) is 16.7. The molecule has 1 unspecified atom stereocenters. The van der Waals surface area contributed by atoms with Crippen molar-refractivity contribution >= 4 is 34.1 Å². The van der Waals surface area contributed by atoms with Gasteiger partial charge in [-0.05, 0) is 29.7 Å². The lowest BCUT2D eigenvalue weighted by Crippen LogP contribution is -2.33. The summed E-state index contributed by atoms with van der Waals surface area (Å²) in [5.74, 6) is 1.17. The predicted octanol–water partition coefficient (Wildman–Crippen LogP) is 1.68. The molecule has 6 nitrogen and oxygen atoms in total. The molecule has 7 heteroatoms. The topological polar surface area (TPSA) is 75.7 Å². The Hall–Kier alpha value is -2.15. The Kier molecular flexibility index (Phi) is 4.99. The van der Waals surface area contributed by atoms with Crippen molar-refractivity contribution in [2.75, 3.05) is 29.5 Å². The number of amides is 2. The van der Waals surface area contributed by atoms with Gasteiger partial charge in [-0.2, -0.15) is 0 Å². The molecular weight excluding hydrogens is 328 g/mol. The Balaban J connectivity index is 1.66. The Morgan fingerprint density at radius 3 is 2.75 bits per heavy atom. The number of hydrogen-bond acceptors (Lipinski definition) is 4. The highest BCUT2D eigenvalue weighted by Gasteiger charge is 2.32. The van der Waals surface area contributed by atoms with Crippen LogP contribution in [-0.4, -0.2) is 46.9 Å². The minimum Gasteiger partial charge on any atom is -0.442 e. The van der Waals surface area contributed by atoms with E-state index >= 15 is 0 Å². The highest BCUT2D eigenvalue weighted by Crippen LogP contribution is 2.26. The SMILES string of the molecule is CC(=O)NCC1CN(c2ccc(C3=CC[S@@](=O)CC3)cc2)C(=O)O1. The number of carbonyl (C=O) groups excluding carboxylic acids is 2. The van der Waals surface area contributed by atoms with Crippen molar-refractivity contribution in [2.45, 2.75) is 19.4 Å². The molecule has 0 bridgehead atoms. The molecule has 128 valence electrons. The van der Waals surface area contributed by atoms with E-state index in [1.807, 2.05) is 30.3 Å². The van der Waals surface area contributed by atoms with Gasteiger partial charge in [0.2, 0.25) is 5.91 Å². The zero-order chi connectivity index (χ0) is 17.1. The molecule has 0 aliphatic carbocycles. The van der Waals surface area contributed by atoms with Crippen LogP contribution in [0.2, 0.25) is 0 Å². The molecule has 0 spiro atoms. The summed E-state index contributed by atoms with van der Waals surface area (Å²) in [6, 6.07) is 7.74. The summed E-state index contributed by atoms with van der Waals surface area (Å²) in [5.41, 5.74) is 3.07. The van der Waals surface area contributed by atoms with Gasteiger partial charge < -0.3 is 10.1 Å². The summed E-state index contributed by atoms with van der Waals surface area (Å²) < 4.78 is 16.7. The van der Waals surface area contributed by atoms with Crippen LogP contribution in [0.4, 0.5) is 10.5 Å². The number of rotatable bonds is 4. The van der Waals surface area contributed by atoms with Crippen molar-refractivity contribution in [1.29, 1.82) is 0 Å². The largest absolute Gasteiger partial charge is 0.442 e. The number of hydrogen-bond donors (Lipinski definition) is 1. The zero-order valence-corrected chi connectivity index (χ0v) is 14.3. The standard InChI is InChI=1S/C17H20N2O4S/c1-12(20)18-10-16-11-19(17(21)23-16)15-4-2-13(3-5-15)14-6-8-24(22)9-7-14/h2-6,16H,7-11H2,1H3,(H,18,20)/t16?,24-/m1/s1. The number of cyclic esters (lactones) is 1. The third-order valence-electron chi connectivity index (χ3n) is 4.12. The fourth-order valence-corrected chi connectivity index (χ4v) is 3.82. The first-order valence-corrected chi connectivity index (χ1v) is 9.39. The average Bonchev–Trinajstić information content (AvgIpc) is 2.95. The second-order valence-electron chi connectivity index (χ2n) is 5.89. The molecule has 2 aliphatic heterocycles. The molecule has 2 heterocycles. The second kappa shape index (κ2) is 7.17. The van der Waals surface area contributed by atoms with Gasteiger partial charge in [-0.3, -0.25) is 13.9 Å². The molecule has 3 rings (SSSR count). The van der Waals surface area contributed by atoms with Gasteiger partial charge in [-0.25, -0.2) is 4.79 Å². The first-order valence-electron chi connectivity index (χ1n) is 7.90. The number of nitrogens with one attached hydrogen (secondary N) is 1. The van der Waals surface area contributed by atoms with Gasteiger partial charge in [0, 0.05) is 34.9 Å². The average molecular weight is 348 g/mol. The summed E-state index contributed by atoms with van der Waals surface area (Å²) in [5, 5.41) is 2.66. The van der Waals surface area contributed by atoms with E-state index in [1.54, 1.807) is 4.90 Å². The molecule has 1 aromatic rings. The van der Waals surface area contributed by atoms with Crippen LogP contribution in [0.3, 0.4) is 0 Å². The van der Waals surface area contributed by atoms with E-state index in [9.17, 15) is 13.8 Å². The summed E-state index contributed by atoms with van der Waals surface area (Å²) in [6.07, 6.45) is 2.11. The van der Waals surface area contributed by atoms with Gasteiger partial charge in [0.25, 0.3) is 0 Å². The van der Waals surface area contributed by atoms with Crippen molar-refractivity contribution in [3.63, 3.8) is 0 Å². The number of anilines is 1. The molecule has 0 aromatic heterocycles. The molecule has 1 saturated heterocycles. The Labute approximate surface area is 143 Å². The Morgan fingerprint density at radius 1 is 1.38 bits per heavy atom. The third-order valence-corrected chi connectivity index (χ3v) is 5.32. The predicted molar refractivity (Wildman–Crippen MR) is 93.2 cm³/mol. The summed E-state index contributed by atoms with van der Waals surface area (Å²) in [4.78, 5) is 24.5. The summed E-state index contributed by atoms with van der Waals surface area (Å²) in [7, 11) is -0.731. The number of carbonyl (C=O) groups is 2. The quantitative estimate of drug-likeness (QED) is 0.898. The number of nitrogens with zero attached hydrogens (tertiary/aromatic N) is 1. The normalized spacial score (nSPS) is 23.6. The fourth-order valence-electron chi connectivity index (χ4n) is 2.82. The molecule has 2 amide bonds. The minimum atomic E-state index is -0.731. The van der Waals surface area contributed by atoms with Gasteiger partial charge in [0.15, 0.2) is 0 Å². The van der Waals surface area contributed by atoms with Gasteiger partial charge in [0.05, 0.1) is 13.1 Å². The van der Waals surface area contributed by atoms with Gasteiger partial charge in [0.1, 0.15) is 6.10 Å². The molecule has 0 saturated carbocycles. The lowest BCUT2D eigenvalue weighted by Gasteiger charge is -2.16. The second-order valence-corrected chi connectivity index (χ2v) is 7.51. The van der Waals surface area contributed by atoms with Crippen LogP contribution in [0, 0.1) is 0 Å². The minimum absolute atomic E-state index is 0.143. The van der Waals surface area contributed by atoms with Gasteiger partial charge in [-0.1, -0.05) is 18.2 Å². The van der Waals surface area contributed by atoms with E-state index < -0.39 is 16.9 Å². The van der Waals surface area contributed by atoms with E-state index in [2.05, 4.69) is 5.32 Å². The van der Waals surface area contributed by atoms with Crippen LogP contribution in [0.25, 0.3) is 5.57 Å².